The molecule has 3 rings (SSSR count). The van der Waals surface area contributed by atoms with Crippen LogP contribution in [0.3, 0.4) is 0 Å². The number of nitrogens with zero attached hydrogens (tertiary/aromatic N) is 5. The molecular formula is C24H32N6O3S2. The molecule has 0 aliphatic carbocycles. The van der Waals surface area contributed by atoms with Crippen molar-refractivity contribution in [2.45, 2.75) is 58.3 Å². The third kappa shape index (κ3) is 6.61. The quantitative estimate of drug-likeness (QED) is 0.388. The largest absolute Gasteiger partial charge is 0.483 e. The summed E-state index contributed by atoms with van der Waals surface area (Å²) in [4.78, 5) is 31.0. The predicted molar refractivity (Wildman–Crippen MR) is 139 cm³/mol. The molecule has 2 amide bonds. The molecule has 1 aromatic carbocycles. The molecule has 2 aromatic heterocycles. The molecule has 1 N–H and O–H groups in total. The van der Waals surface area contributed by atoms with Crippen LogP contribution >= 0.6 is 23.1 Å². The van der Waals surface area contributed by atoms with E-state index in [1.807, 2.05) is 30.5 Å². The maximum absolute atomic E-state index is 12.5. The molecule has 0 radical (unpaired) electrons. The second-order valence-corrected chi connectivity index (χ2v) is 10.5. The number of amides is 2. The van der Waals surface area contributed by atoms with Crippen LogP contribution in [0.25, 0.3) is 0 Å². The summed E-state index contributed by atoms with van der Waals surface area (Å²) in [6.45, 7) is 10.7. The molecule has 2 heterocycles. The van der Waals surface area contributed by atoms with Crippen molar-refractivity contribution < 1.29 is 14.3 Å². The van der Waals surface area contributed by atoms with Crippen molar-refractivity contribution in [1.29, 1.82) is 0 Å². The van der Waals surface area contributed by atoms with Gasteiger partial charge in [-0.15, -0.1) is 10.2 Å². The first kappa shape index (κ1) is 26.7. The van der Waals surface area contributed by atoms with Gasteiger partial charge in [0.05, 0.1) is 11.4 Å². The number of aromatic nitrogens is 4. The molecule has 0 spiro atoms. The highest BCUT2D eigenvalue weighted by molar-refractivity contribution is 7.99. The van der Waals surface area contributed by atoms with Gasteiger partial charge >= 0.3 is 0 Å². The van der Waals surface area contributed by atoms with Gasteiger partial charge in [-0.25, -0.2) is 4.98 Å². The van der Waals surface area contributed by atoms with Gasteiger partial charge in [0.25, 0.3) is 5.91 Å². The van der Waals surface area contributed by atoms with Crippen LogP contribution in [0.2, 0.25) is 0 Å². The second-order valence-electron chi connectivity index (χ2n) is 8.54. The number of aryl methyl sites for hydroxylation is 1. The van der Waals surface area contributed by atoms with Gasteiger partial charge in [-0.05, 0) is 44.4 Å². The van der Waals surface area contributed by atoms with Gasteiger partial charge in [0.1, 0.15) is 10.6 Å². The van der Waals surface area contributed by atoms with Crippen LogP contribution in [0.1, 0.15) is 66.5 Å². The van der Waals surface area contributed by atoms with E-state index in [1.165, 1.54) is 33.6 Å². The molecule has 1 atom stereocenters. The first-order chi connectivity index (χ1) is 16.6. The Balaban J connectivity index is 1.61. The van der Waals surface area contributed by atoms with Gasteiger partial charge in [-0.2, -0.15) is 0 Å². The molecule has 1 unspecified atom stereocenters. The van der Waals surface area contributed by atoms with Crippen LogP contribution < -0.4 is 10.1 Å². The zero-order valence-electron chi connectivity index (χ0n) is 21.2. The van der Waals surface area contributed by atoms with Gasteiger partial charge in [0.15, 0.2) is 22.2 Å². The molecule has 9 nitrogen and oxygen atoms in total. The Morgan fingerprint density at radius 3 is 2.46 bits per heavy atom. The van der Waals surface area contributed by atoms with Crippen molar-refractivity contribution in [3.63, 3.8) is 0 Å². The molecular weight excluding hydrogens is 484 g/mol. The van der Waals surface area contributed by atoms with Crippen LogP contribution in [0.5, 0.6) is 5.75 Å². The van der Waals surface area contributed by atoms with E-state index >= 15 is 0 Å². The van der Waals surface area contributed by atoms with Crippen LogP contribution in [0.15, 0.2) is 29.4 Å². The number of rotatable bonds is 10. The van der Waals surface area contributed by atoms with Crippen molar-refractivity contribution in [1.82, 2.24) is 24.6 Å². The number of nitrogens with one attached hydrogen (secondary N) is 1. The SMILES string of the molecule is CCn1c(SCC(=O)Nc2nc(C)c(C(=O)N(C)C)s2)nnc1C(C)Oc1ccc(C(C)C)cc1. The average molecular weight is 517 g/mol. The van der Waals surface area contributed by atoms with E-state index in [-0.39, 0.29) is 23.7 Å². The van der Waals surface area contributed by atoms with Crippen molar-refractivity contribution >= 4 is 40.0 Å². The fourth-order valence-electron chi connectivity index (χ4n) is 3.33. The molecule has 0 bridgehead atoms. The fraction of sp³-hybridized carbons (Fsp3) is 0.458. The van der Waals surface area contributed by atoms with E-state index in [0.717, 1.165) is 5.75 Å². The minimum atomic E-state index is -0.304. The summed E-state index contributed by atoms with van der Waals surface area (Å²) in [5.41, 5.74) is 1.85. The maximum atomic E-state index is 12.5. The Bertz CT molecular complexity index is 1170. The third-order valence-corrected chi connectivity index (χ3v) is 7.29. The van der Waals surface area contributed by atoms with Crippen LogP contribution in [0.4, 0.5) is 5.13 Å². The van der Waals surface area contributed by atoms with Gasteiger partial charge in [0.2, 0.25) is 5.91 Å². The minimum Gasteiger partial charge on any atom is -0.483 e. The molecule has 0 saturated heterocycles. The summed E-state index contributed by atoms with van der Waals surface area (Å²) in [5, 5.41) is 12.4. The maximum Gasteiger partial charge on any atom is 0.265 e. The van der Waals surface area contributed by atoms with E-state index in [0.29, 0.717) is 39.1 Å². The normalized spacial score (nSPS) is 12.0. The first-order valence-electron chi connectivity index (χ1n) is 11.4. The monoisotopic (exact) mass is 516 g/mol. The Labute approximate surface area is 214 Å². The van der Waals surface area contributed by atoms with E-state index < -0.39 is 0 Å². The topological polar surface area (TPSA) is 102 Å². The van der Waals surface area contributed by atoms with Gasteiger partial charge in [-0.1, -0.05) is 49.1 Å². The lowest BCUT2D eigenvalue weighted by atomic mass is 10.0. The number of thioether (sulfide) groups is 1. The highest BCUT2D eigenvalue weighted by Crippen LogP contribution is 2.27. The van der Waals surface area contributed by atoms with E-state index in [4.69, 9.17) is 4.74 Å². The number of benzene rings is 1. The highest BCUT2D eigenvalue weighted by atomic mass is 32.2. The zero-order chi connectivity index (χ0) is 25.7. The number of thiazole rings is 1. The number of hydrogen-bond donors (Lipinski definition) is 1. The molecule has 0 aliphatic rings. The number of ether oxygens (including phenoxy) is 1. The van der Waals surface area contributed by atoms with Gasteiger partial charge < -0.3 is 19.5 Å². The van der Waals surface area contributed by atoms with Gasteiger partial charge in [0, 0.05) is 20.6 Å². The molecule has 3 aromatic rings. The summed E-state index contributed by atoms with van der Waals surface area (Å²) in [6, 6.07) is 8.08. The Hall–Kier alpha value is -2.92. The molecule has 11 heteroatoms. The summed E-state index contributed by atoms with van der Waals surface area (Å²) >= 11 is 2.47. The van der Waals surface area contributed by atoms with Crippen molar-refractivity contribution in [3.05, 3.63) is 46.2 Å². The van der Waals surface area contributed by atoms with Crippen molar-refractivity contribution in [2.75, 3.05) is 25.2 Å². The zero-order valence-corrected chi connectivity index (χ0v) is 22.8. The Morgan fingerprint density at radius 2 is 1.86 bits per heavy atom. The van der Waals surface area contributed by atoms with Crippen molar-refractivity contribution in [2.24, 2.45) is 0 Å². The van der Waals surface area contributed by atoms with Crippen LogP contribution in [0, 0.1) is 6.92 Å². The summed E-state index contributed by atoms with van der Waals surface area (Å²) in [7, 11) is 3.37. The standard InChI is InChI=1S/C24H32N6O3S2/c1-8-30-21(16(5)33-18-11-9-17(10-12-18)14(2)3)27-28-24(30)34-13-19(31)26-23-25-15(4)20(35-23)22(32)29(6)7/h9-12,14,16H,8,13H2,1-7H3,(H,25,26,31). The first-order valence-corrected chi connectivity index (χ1v) is 13.2. The second kappa shape index (κ2) is 11.7. The number of hydrogen-bond acceptors (Lipinski definition) is 8. The van der Waals surface area contributed by atoms with Gasteiger partial charge in [-0.3, -0.25) is 9.59 Å². The number of carbonyl (C=O) groups excluding carboxylic acids is 2. The Kier molecular flexibility index (Phi) is 8.90. The molecule has 0 saturated carbocycles. The Morgan fingerprint density at radius 1 is 1.17 bits per heavy atom. The van der Waals surface area contributed by atoms with Crippen LogP contribution in [-0.4, -0.2) is 56.3 Å². The molecule has 188 valence electrons. The van der Waals surface area contributed by atoms with Crippen molar-refractivity contribution in [3.8, 4) is 5.75 Å². The molecule has 0 aliphatic heterocycles. The number of anilines is 1. The third-order valence-electron chi connectivity index (χ3n) is 5.26. The lowest BCUT2D eigenvalue weighted by Gasteiger charge is -2.16. The fourth-order valence-corrected chi connectivity index (χ4v) is 5.14. The summed E-state index contributed by atoms with van der Waals surface area (Å²) in [5.74, 6) is 1.71. The lowest BCUT2D eigenvalue weighted by molar-refractivity contribution is -0.113. The smallest absolute Gasteiger partial charge is 0.265 e. The molecule has 0 fully saturated rings. The minimum absolute atomic E-state index is 0.134. The van der Waals surface area contributed by atoms with E-state index in [9.17, 15) is 9.59 Å². The highest BCUT2D eigenvalue weighted by Gasteiger charge is 2.21. The predicted octanol–water partition coefficient (Wildman–Crippen LogP) is 4.76. The molecule has 35 heavy (non-hydrogen) atoms. The summed E-state index contributed by atoms with van der Waals surface area (Å²) in [6.07, 6.45) is -0.304. The summed E-state index contributed by atoms with van der Waals surface area (Å²) < 4.78 is 8.05. The number of carbonyl (C=O) groups is 2. The lowest BCUT2D eigenvalue weighted by Crippen LogP contribution is -2.21. The average Bonchev–Trinajstić information content (AvgIpc) is 3.39. The van der Waals surface area contributed by atoms with E-state index in [1.54, 1.807) is 21.0 Å². The van der Waals surface area contributed by atoms with Crippen LogP contribution in [-0.2, 0) is 11.3 Å². The van der Waals surface area contributed by atoms with E-state index in [2.05, 4.69) is 46.5 Å².